The van der Waals surface area contributed by atoms with Gasteiger partial charge in [-0.2, -0.15) is 0 Å². The molecule has 0 bridgehead atoms. The molecule has 1 heterocycles. The van der Waals surface area contributed by atoms with Gasteiger partial charge in [0.25, 0.3) is 0 Å². The number of esters is 3. The van der Waals surface area contributed by atoms with Gasteiger partial charge in [0, 0.05) is 65.6 Å². The highest BCUT2D eigenvalue weighted by Crippen LogP contribution is 2.70. The van der Waals surface area contributed by atoms with Crippen molar-refractivity contribution < 1.29 is 67.1 Å². The van der Waals surface area contributed by atoms with Gasteiger partial charge in [0.1, 0.15) is 36.2 Å². The van der Waals surface area contributed by atoms with E-state index in [9.17, 15) is 43.8 Å². The number of aliphatic hydroxyl groups excluding tert-OH is 1. The molecule has 15 nitrogen and oxygen atoms in total. The average molecular weight is 1150 g/mol. The number of Topliss-reactive ketones (excluding diaryl/α,β-unsaturated/α-hetero) is 2. The smallest absolute Gasteiger partial charge is 0.407 e. The summed E-state index contributed by atoms with van der Waals surface area (Å²) in [6.45, 7) is 9.23. The highest BCUT2D eigenvalue weighted by molar-refractivity contribution is 6.01. The Labute approximate surface area is 488 Å². The van der Waals surface area contributed by atoms with Gasteiger partial charge in [0.2, 0.25) is 5.78 Å². The SMILES string of the molecule is C[C@@H]1C[C@H]2[C@@H]3CCC4=CC(=O)C=C[C@]4(C)[C@@]3(F)[C@@H](O)C[C@]2(C)[C@@]1(O)C(=O)COC(=O)CC[C@H](NC(=O)OCC1c2ccccc2-c2ccccc21)C(=O)OCc1ccc([C@@H](CCC(=O)OC(C)(C)C)C(=O)Cc2ccc3cnccc3c2)cc1. The second-order valence-electron chi connectivity index (χ2n) is 25.0. The van der Waals surface area contributed by atoms with Crippen molar-refractivity contribution in [2.75, 3.05) is 13.2 Å². The third-order valence-electron chi connectivity index (χ3n) is 18.9. The van der Waals surface area contributed by atoms with Crippen LogP contribution in [0.3, 0.4) is 0 Å². The molecule has 0 unspecified atom stereocenters. The maximum atomic E-state index is 17.8. The van der Waals surface area contributed by atoms with E-state index in [0.29, 0.717) is 29.5 Å². The first-order valence-corrected chi connectivity index (χ1v) is 29.1. The minimum atomic E-state index is -2.18. The first kappa shape index (κ1) is 59.5. The standard InChI is InChI=1S/C68H73FN2O13/c1-40-31-55-54-23-21-46-34-47(72)27-29-65(46,5)67(54,69)58(74)35-66(55,6)68(40,80)59(75)39-81-60(76)26-24-56(71-63(79)83-38-53-51-13-9-7-11-49(51)50-12-8-10-14-52(50)53)62(78)82-37-41-15-18-43(19-16-41)48(22-25-61(77)84-64(2,3)4)57(73)33-42-17-20-45-36-70-30-28-44(45)32-42/h7-20,27-30,32,34,36,40,48,53-56,58,74,80H,21-26,31,33,35,37-39H2,1-6H3,(H,71,79)/t40-,48-,54+,55+,56+,58+,65+,66+,67+,68+/m1/s1. The number of halogens is 1. The third kappa shape index (κ3) is 11.3. The van der Waals surface area contributed by atoms with Crippen LogP contribution in [0.1, 0.15) is 133 Å². The number of alkyl halides is 1. The zero-order valence-corrected chi connectivity index (χ0v) is 48.4. The molecular weight excluding hydrogens is 1070 g/mol. The van der Waals surface area contributed by atoms with E-state index < -0.39 is 106 Å². The number of allylic oxidation sites excluding steroid dienone is 4. The molecule has 5 aliphatic rings. The van der Waals surface area contributed by atoms with Gasteiger partial charge in [0.15, 0.2) is 18.1 Å². The molecule has 84 heavy (non-hydrogen) atoms. The molecule has 4 aromatic carbocycles. The van der Waals surface area contributed by atoms with Crippen LogP contribution in [-0.2, 0) is 60.7 Å². The maximum Gasteiger partial charge on any atom is 0.407 e. The Morgan fingerprint density at radius 3 is 2.20 bits per heavy atom. The van der Waals surface area contributed by atoms with E-state index in [0.717, 1.165) is 38.6 Å². The number of pyridine rings is 1. The van der Waals surface area contributed by atoms with Crippen LogP contribution in [0.25, 0.3) is 21.9 Å². The fourth-order valence-corrected chi connectivity index (χ4v) is 14.6. The summed E-state index contributed by atoms with van der Waals surface area (Å²) < 4.78 is 40.4. The van der Waals surface area contributed by atoms with Gasteiger partial charge in [-0.1, -0.05) is 116 Å². The van der Waals surface area contributed by atoms with E-state index in [2.05, 4.69) is 10.3 Å². The van der Waals surface area contributed by atoms with Gasteiger partial charge in [-0.05, 0) is 141 Å². The fourth-order valence-electron chi connectivity index (χ4n) is 14.6. The predicted molar refractivity (Wildman–Crippen MR) is 310 cm³/mol. The zero-order valence-electron chi connectivity index (χ0n) is 48.4. The number of rotatable bonds is 19. The van der Waals surface area contributed by atoms with Gasteiger partial charge < -0.3 is 34.5 Å². The van der Waals surface area contributed by atoms with E-state index in [1.165, 1.54) is 12.2 Å². The molecule has 0 aliphatic heterocycles. The number of hydrogen-bond acceptors (Lipinski definition) is 14. The Balaban J connectivity index is 0.810. The molecule has 5 aliphatic carbocycles. The van der Waals surface area contributed by atoms with Gasteiger partial charge >= 0.3 is 24.0 Å². The quantitative estimate of drug-likeness (QED) is 0.0517. The molecule has 0 spiro atoms. The van der Waals surface area contributed by atoms with Crippen LogP contribution in [0.15, 0.2) is 133 Å². The Kier molecular flexibility index (Phi) is 16.6. The largest absolute Gasteiger partial charge is 0.460 e. The number of fused-ring (bicyclic) bond motifs is 9. The fraction of sp³-hybridized carbons (Fsp3) is 0.441. The molecule has 10 atom stereocenters. The van der Waals surface area contributed by atoms with Crippen LogP contribution in [0.2, 0.25) is 0 Å². The van der Waals surface area contributed by atoms with Crippen LogP contribution in [0.4, 0.5) is 9.18 Å². The van der Waals surface area contributed by atoms with E-state index >= 15 is 4.39 Å². The maximum absolute atomic E-state index is 17.8. The summed E-state index contributed by atoms with van der Waals surface area (Å²) in [4.78, 5) is 99.3. The third-order valence-corrected chi connectivity index (χ3v) is 18.9. The number of amides is 1. The molecule has 3 fully saturated rings. The normalized spacial score (nSPS) is 26.5. The number of hydrogen-bond donors (Lipinski definition) is 3. The van der Waals surface area contributed by atoms with E-state index in [4.69, 9.17) is 18.9 Å². The zero-order chi connectivity index (χ0) is 59.9. The summed E-state index contributed by atoms with van der Waals surface area (Å²) in [5, 5.41) is 28.8. The van der Waals surface area contributed by atoms with E-state index in [1.54, 1.807) is 84.3 Å². The topological polar surface area (TPSA) is 222 Å². The van der Waals surface area contributed by atoms with E-state index in [-0.39, 0.29) is 69.2 Å². The Morgan fingerprint density at radius 1 is 0.821 bits per heavy atom. The number of benzene rings is 4. The van der Waals surface area contributed by atoms with Crippen LogP contribution in [-0.4, -0.2) is 98.8 Å². The van der Waals surface area contributed by atoms with Crippen LogP contribution in [0.5, 0.6) is 0 Å². The minimum absolute atomic E-state index is 0.00385. The summed E-state index contributed by atoms with van der Waals surface area (Å²) in [5.74, 6) is -6.38. The lowest BCUT2D eigenvalue weighted by Crippen LogP contribution is -2.69. The first-order chi connectivity index (χ1) is 39.9. The molecule has 0 saturated heterocycles. The lowest BCUT2D eigenvalue weighted by atomic mass is 9.44. The molecule has 1 amide bonds. The van der Waals surface area contributed by atoms with Crippen molar-refractivity contribution in [2.24, 2.45) is 28.6 Å². The summed E-state index contributed by atoms with van der Waals surface area (Å²) >= 11 is 0. The lowest BCUT2D eigenvalue weighted by Gasteiger charge is -2.62. The monoisotopic (exact) mass is 1140 g/mol. The molecule has 440 valence electrons. The van der Waals surface area contributed by atoms with E-state index in [1.807, 2.05) is 72.8 Å². The average Bonchev–Trinajstić information content (AvgIpc) is 1.34. The number of ketones is 3. The second kappa shape index (κ2) is 23.4. The first-order valence-electron chi connectivity index (χ1n) is 29.1. The molecule has 3 N–H and O–H groups in total. The molecular formula is C68H73FN2O13. The molecule has 0 radical (unpaired) electrons. The van der Waals surface area contributed by atoms with Crippen molar-refractivity contribution >= 4 is 52.1 Å². The lowest BCUT2D eigenvalue weighted by molar-refractivity contribution is -0.220. The number of ether oxygens (including phenoxy) is 4. The van der Waals surface area contributed by atoms with Crippen molar-refractivity contribution in [3.05, 3.63) is 161 Å². The minimum Gasteiger partial charge on any atom is -0.460 e. The highest BCUT2D eigenvalue weighted by Gasteiger charge is 2.75. The Hall–Kier alpha value is -7.69. The number of aromatic nitrogens is 1. The number of carbonyl (C=O) groups is 7. The van der Waals surface area contributed by atoms with Gasteiger partial charge in [0.05, 0.1) is 6.10 Å². The van der Waals surface area contributed by atoms with Crippen LogP contribution in [0, 0.1) is 28.6 Å². The summed E-state index contributed by atoms with van der Waals surface area (Å²) in [6, 6.07) is 28.7. The summed E-state index contributed by atoms with van der Waals surface area (Å²) in [5.41, 5.74) is -1.00. The Bertz CT molecular complexity index is 3430. The van der Waals surface area contributed by atoms with Gasteiger partial charge in [-0.3, -0.25) is 29.0 Å². The summed E-state index contributed by atoms with van der Waals surface area (Å²) in [6.07, 6.45) is 5.40. The van der Waals surface area contributed by atoms with Crippen molar-refractivity contribution in [1.29, 1.82) is 0 Å². The van der Waals surface area contributed by atoms with Crippen molar-refractivity contribution in [1.82, 2.24) is 10.3 Å². The van der Waals surface area contributed by atoms with Crippen molar-refractivity contribution in [3.63, 3.8) is 0 Å². The van der Waals surface area contributed by atoms with Crippen LogP contribution >= 0.6 is 0 Å². The van der Waals surface area contributed by atoms with Crippen molar-refractivity contribution in [3.8, 4) is 11.1 Å². The number of alkyl carbamates (subject to hydrolysis) is 1. The number of aliphatic hydroxyl groups is 2. The predicted octanol–water partition coefficient (Wildman–Crippen LogP) is 10.4. The molecule has 5 aromatic rings. The number of nitrogens with one attached hydrogen (secondary N) is 1. The van der Waals surface area contributed by atoms with Crippen LogP contribution < -0.4 is 5.32 Å². The number of nitrogens with zero attached hydrogens (tertiary/aromatic N) is 1. The molecule has 3 saturated carbocycles. The van der Waals surface area contributed by atoms with Gasteiger partial charge in [-0.25, -0.2) is 14.0 Å². The highest BCUT2D eigenvalue weighted by atomic mass is 19.1. The van der Waals surface area contributed by atoms with Crippen molar-refractivity contribution in [2.45, 2.75) is 147 Å². The Morgan fingerprint density at radius 2 is 1.50 bits per heavy atom. The summed E-state index contributed by atoms with van der Waals surface area (Å²) in [7, 11) is 0. The second-order valence-corrected chi connectivity index (χ2v) is 25.0. The molecule has 10 rings (SSSR count). The molecule has 1 aromatic heterocycles. The molecule has 16 heteroatoms. The van der Waals surface area contributed by atoms with Gasteiger partial charge in [-0.15, -0.1) is 0 Å². The number of carbonyl (C=O) groups excluding carboxylic acids is 7.